The van der Waals surface area contributed by atoms with Crippen LogP contribution >= 0.6 is 0 Å². The van der Waals surface area contributed by atoms with Crippen LogP contribution in [0.4, 0.5) is 0 Å². The molecule has 0 aliphatic carbocycles. The molecule has 1 fully saturated rings. The predicted octanol–water partition coefficient (Wildman–Crippen LogP) is 0.782. The SMILES string of the molecule is Cn1cncc1CN1CCN(C(=O)c2cccc(S(C)(=O)=O)c2)CC1. The third-order valence-corrected chi connectivity index (χ3v) is 5.58. The van der Waals surface area contributed by atoms with E-state index in [0.717, 1.165) is 31.6 Å². The number of hydrogen-bond acceptors (Lipinski definition) is 5. The fourth-order valence-electron chi connectivity index (χ4n) is 2.92. The molecule has 0 bridgehead atoms. The van der Waals surface area contributed by atoms with E-state index in [2.05, 4.69) is 9.88 Å². The van der Waals surface area contributed by atoms with E-state index in [4.69, 9.17) is 0 Å². The quantitative estimate of drug-likeness (QED) is 0.804. The van der Waals surface area contributed by atoms with Gasteiger partial charge in [-0.15, -0.1) is 0 Å². The number of aromatic nitrogens is 2. The van der Waals surface area contributed by atoms with Gasteiger partial charge in [0.1, 0.15) is 0 Å². The van der Waals surface area contributed by atoms with E-state index < -0.39 is 9.84 Å². The molecular weight excluding hydrogens is 340 g/mol. The molecule has 0 radical (unpaired) electrons. The summed E-state index contributed by atoms with van der Waals surface area (Å²) in [5, 5.41) is 0. The topological polar surface area (TPSA) is 75.5 Å². The molecular formula is C17H22N4O3S. The highest BCUT2D eigenvalue weighted by Crippen LogP contribution is 2.15. The number of imidazole rings is 1. The molecule has 2 aromatic rings. The molecule has 0 spiro atoms. The van der Waals surface area contributed by atoms with Gasteiger partial charge in [0, 0.05) is 57.8 Å². The summed E-state index contributed by atoms with van der Waals surface area (Å²) in [7, 11) is -1.35. The van der Waals surface area contributed by atoms with Crippen molar-refractivity contribution in [1.29, 1.82) is 0 Å². The Bertz CT molecular complexity index is 868. The molecule has 1 aliphatic rings. The Morgan fingerprint density at radius 2 is 1.92 bits per heavy atom. The zero-order valence-electron chi connectivity index (χ0n) is 14.4. The Kier molecular flexibility index (Phi) is 4.91. The lowest BCUT2D eigenvalue weighted by Crippen LogP contribution is -2.48. The van der Waals surface area contributed by atoms with Crippen molar-refractivity contribution in [3.05, 3.63) is 48.0 Å². The number of piperazine rings is 1. The molecule has 8 heteroatoms. The number of hydrogen-bond donors (Lipinski definition) is 0. The van der Waals surface area contributed by atoms with Crippen LogP contribution in [0.1, 0.15) is 16.1 Å². The minimum atomic E-state index is -3.32. The van der Waals surface area contributed by atoms with Crippen LogP contribution in [0.25, 0.3) is 0 Å². The first-order valence-electron chi connectivity index (χ1n) is 8.11. The second-order valence-electron chi connectivity index (χ2n) is 6.36. The lowest BCUT2D eigenvalue weighted by molar-refractivity contribution is 0.0625. The number of amides is 1. The predicted molar refractivity (Wildman–Crippen MR) is 93.9 cm³/mol. The van der Waals surface area contributed by atoms with Gasteiger partial charge >= 0.3 is 0 Å². The normalized spacial score (nSPS) is 16.2. The maximum absolute atomic E-state index is 12.7. The Labute approximate surface area is 147 Å². The molecule has 1 amide bonds. The molecule has 1 saturated heterocycles. The molecule has 0 atom stereocenters. The summed E-state index contributed by atoms with van der Waals surface area (Å²) < 4.78 is 25.3. The highest BCUT2D eigenvalue weighted by Gasteiger charge is 2.23. The van der Waals surface area contributed by atoms with Crippen LogP contribution in [-0.4, -0.2) is 66.1 Å². The highest BCUT2D eigenvalue weighted by atomic mass is 32.2. The third kappa shape index (κ3) is 4.08. The smallest absolute Gasteiger partial charge is 0.253 e. The average molecular weight is 362 g/mol. The van der Waals surface area contributed by atoms with Gasteiger partial charge in [-0.05, 0) is 18.2 Å². The Hall–Kier alpha value is -2.19. The maximum Gasteiger partial charge on any atom is 0.253 e. The van der Waals surface area contributed by atoms with Crippen molar-refractivity contribution in [2.45, 2.75) is 11.4 Å². The Balaban J connectivity index is 1.63. The van der Waals surface area contributed by atoms with Crippen molar-refractivity contribution in [3.63, 3.8) is 0 Å². The first-order chi connectivity index (χ1) is 11.8. The lowest BCUT2D eigenvalue weighted by atomic mass is 10.2. The van der Waals surface area contributed by atoms with Crippen molar-refractivity contribution in [2.75, 3.05) is 32.4 Å². The summed E-state index contributed by atoms with van der Waals surface area (Å²) in [5.74, 6) is -0.120. The van der Waals surface area contributed by atoms with Gasteiger partial charge in [0.05, 0.1) is 16.9 Å². The standard InChI is InChI=1S/C17H22N4O3S/c1-19-13-18-11-15(19)12-20-6-8-21(9-7-20)17(22)14-4-3-5-16(10-14)25(2,23)24/h3-5,10-11,13H,6-9,12H2,1-2H3. The number of rotatable bonds is 4. The summed E-state index contributed by atoms with van der Waals surface area (Å²) in [5.41, 5.74) is 1.56. The van der Waals surface area contributed by atoms with Crippen LogP contribution in [0.15, 0.2) is 41.7 Å². The van der Waals surface area contributed by atoms with Crippen molar-refractivity contribution >= 4 is 15.7 Å². The van der Waals surface area contributed by atoms with Crippen LogP contribution in [0.5, 0.6) is 0 Å². The van der Waals surface area contributed by atoms with Gasteiger partial charge in [-0.25, -0.2) is 13.4 Å². The van der Waals surface area contributed by atoms with Crippen molar-refractivity contribution in [3.8, 4) is 0 Å². The number of aryl methyl sites for hydroxylation is 1. The van der Waals surface area contributed by atoms with Crippen LogP contribution in [0.2, 0.25) is 0 Å². The van der Waals surface area contributed by atoms with E-state index in [1.807, 2.05) is 17.8 Å². The van der Waals surface area contributed by atoms with Crippen molar-refractivity contribution in [1.82, 2.24) is 19.4 Å². The van der Waals surface area contributed by atoms with Gasteiger partial charge < -0.3 is 9.47 Å². The molecule has 1 aliphatic heterocycles. The molecule has 0 unspecified atom stereocenters. The summed E-state index contributed by atoms with van der Waals surface area (Å²) in [6.07, 6.45) is 4.78. The summed E-state index contributed by atoms with van der Waals surface area (Å²) in [6, 6.07) is 6.25. The van der Waals surface area contributed by atoms with E-state index in [1.165, 1.54) is 12.1 Å². The molecule has 1 aromatic carbocycles. The summed E-state index contributed by atoms with van der Waals surface area (Å²) in [6.45, 7) is 3.62. The van der Waals surface area contributed by atoms with E-state index in [9.17, 15) is 13.2 Å². The van der Waals surface area contributed by atoms with Crippen LogP contribution < -0.4 is 0 Å². The van der Waals surface area contributed by atoms with Crippen LogP contribution in [0, 0.1) is 0 Å². The molecule has 3 rings (SSSR count). The minimum absolute atomic E-state index is 0.120. The number of nitrogens with zero attached hydrogens (tertiary/aromatic N) is 4. The minimum Gasteiger partial charge on any atom is -0.337 e. The Morgan fingerprint density at radius 3 is 2.52 bits per heavy atom. The number of benzene rings is 1. The van der Waals surface area contributed by atoms with E-state index in [1.54, 1.807) is 23.4 Å². The van der Waals surface area contributed by atoms with E-state index >= 15 is 0 Å². The van der Waals surface area contributed by atoms with E-state index in [0.29, 0.717) is 18.7 Å². The van der Waals surface area contributed by atoms with Gasteiger partial charge in [0.2, 0.25) is 0 Å². The van der Waals surface area contributed by atoms with Gasteiger partial charge in [-0.2, -0.15) is 0 Å². The second kappa shape index (κ2) is 6.97. The summed E-state index contributed by atoms with van der Waals surface area (Å²) in [4.78, 5) is 21.0. The second-order valence-corrected chi connectivity index (χ2v) is 8.38. The van der Waals surface area contributed by atoms with Crippen LogP contribution in [0.3, 0.4) is 0 Å². The fourth-order valence-corrected chi connectivity index (χ4v) is 3.58. The molecule has 25 heavy (non-hydrogen) atoms. The average Bonchev–Trinajstić information content (AvgIpc) is 2.99. The van der Waals surface area contributed by atoms with Crippen molar-refractivity contribution in [2.24, 2.45) is 7.05 Å². The van der Waals surface area contributed by atoms with Crippen molar-refractivity contribution < 1.29 is 13.2 Å². The maximum atomic E-state index is 12.7. The fraction of sp³-hybridized carbons (Fsp3) is 0.412. The van der Waals surface area contributed by atoms with Gasteiger partial charge in [0.25, 0.3) is 5.91 Å². The monoisotopic (exact) mass is 362 g/mol. The van der Waals surface area contributed by atoms with Crippen LogP contribution in [-0.2, 0) is 23.4 Å². The molecule has 7 nitrogen and oxygen atoms in total. The Morgan fingerprint density at radius 1 is 1.20 bits per heavy atom. The molecule has 134 valence electrons. The molecule has 0 N–H and O–H groups in total. The number of sulfone groups is 1. The first-order valence-corrected chi connectivity index (χ1v) is 10.0. The van der Waals surface area contributed by atoms with Gasteiger partial charge in [0.15, 0.2) is 9.84 Å². The van der Waals surface area contributed by atoms with E-state index in [-0.39, 0.29) is 10.8 Å². The zero-order chi connectivity index (χ0) is 18.0. The number of carbonyl (C=O) groups is 1. The molecule has 0 saturated carbocycles. The largest absolute Gasteiger partial charge is 0.337 e. The molecule has 1 aromatic heterocycles. The summed E-state index contributed by atoms with van der Waals surface area (Å²) >= 11 is 0. The first kappa shape index (κ1) is 17.6. The molecule has 2 heterocycles. The van der Waals surface area contributed by atoms with Gasteiger partial charge in [-0.1, -0.05) is 6.07 Å². The third-order valence-electron chi connectivity index (χ3n) is 4.47. The number of carbonyl (C=O) groups excluding carboxylic acids is 1. The lowest BCUT2D eigenvalue weighted by Gasteiger charge is -2.34. The zero-order valence-corrected chi connectivity index (χ0v) is 15.2. The van der Waals surface area contributed by atoms with Gasteiger partial charge in [-0.3, -0.25) is 9.69 Å². The highest BCUT2D eigenvalue weighted by molar-refractivity contribution is 7.90.